The predicted molar refractivity (Wildman–Crippen MR) is 99.8 cm³/mol. The Morgan fingerprint density at radius 1 is 1.08 bits per heavy atom. The Balaban J connectivity index is 2.06. The van der Waals surface area contributed by atoms with E-state index in [2.05, 4.69) is 5.16 Å². The lowest BCUT2D eigenvalue weighted by molar-refractivity contribution is -0.151. The number of carbonyl (C=O) groups is 1. The van der Waals surface area contributed by atoms with Crippen molar-refractivity contribution in [3.8, 4) is 5.75 Å². The molecule has 0 bridgehead atoms. The summed E-state index contributed by atoms with van der Waals surface area (Å²) in [4.78, 5) is 16.8. The Bertz CT molecular complexity index is 807. The smallest absolute Gasteiger partial charge is 0.374 e. The van der Waals surface area contributed by atoms with Gasteiger partial charge in [-0.25, -0.2) is 4.79 Å². The number of oxime groups is 1. The summed E-state index contributed by atoms with van der Waals surface area (Å²) >= 11 is 23.8. The van der Waals surface area contributed by atoms with Gasteiger partial charge in [0.15, 0.2) is 11.9 Å². The second-order valence-corrected chi connectivity index (χ2v) is 6.48. The van der Waals surface area contributed by atoms with Crippen LogP contribution in [0.5, 0.6) is 5.75 Å². The van der Waals surface area contributed by atoms with Crippen LogP contribution in [0.15, 0.2) is 41.6 Å². The van der Waals surface area contributed by atoms with Crippen LogP contribution in [0.2, 0.25) is 20.1 Å². The van der Waals surface area contributed by atoms with Crippen molar-refractivity contribution < 1.29 is 14.4 Å². The number of hydrogen-bond donors (Lipinski definition) is 1. The fraction of sp³-hybridized carbons (Fsp3) is 0.125. The van der Waals surface area contributed by atoms with Crippen LogP contribution in [-0.2, 0) is 9.63 Å². The molecule has 0 saturated heterocycles. The highest BCUT2D eigenvalue weighted by Crippen LogP contribution is 2.28. The molecule has 9 heteroatoms. The Kier molecular flexibility index (Phi) is 6.79. The summed E-state index contributed by atoms with van der Waals surface area (Å²) < 4.78 is 5.42. The summed E-state index contributed by atoms with van der Waals surface area (Å²) in [7, 11) is 0. The maximum atomic E-state index is 12.0. The number of rotatable bonds is 5. The molecule has 0 radical (unpaired) electrons. The second kappa shape index (κ2) is 8.63. The van der Waals surface area contributed by atoms with Gasteiger partial charge in [-0.1, -0.05) is 57.6 Å². The van der Waals surface area contributed by atoms with Gasteiger partial charge in [0.2, 0.25) is 0 Å². The highest BCUT2D eigenvalue weighted by atomic mass is 35.5. The van der Waals surface area contributed by atoms with Crippen LogP contribution in [0.4, 0.5) is 0 Å². The maximum Gasteiger partial charge on any atom is 0.374 e. The first-order chi connectivity index (χ1) is 11.8. The molecule has 2 rings (SSSR count). The number of amidine groups is 1. The monoisotopic (exact) mass is 420 g/mol. The van der Waals surface area contributed by atoms with Crippen molar-refractivity contribution in [2.24, 2.45) is 10.9 Å². The van der Waals surface area contributed by atoms with Crippen LogP contribution < -0.4 is 10.5 Å². The number of halogens is 4. The summed E-state index contributed by atoms with van der Waals surface area (Å²) in [6.45, 7) is 1.47. The van der Waals surface area contributed by atoms with Gasteiger partial charge in [0.1, 0.15) is 5.75 Å². The largest absolute Gasteiger partial charge is 0.477 e. The molecule has 5 nitrogen and oxygen atoms in total. The van der Waals surface area contributed by atoms with Crippen LogP contribution >= 0.6 is 46.4 Å². The molecule has 0 aliphatic heterocycles. The van der Waals surface area contributed by atoms with Crippen LogP contribution in [0.1, 0.15) is 12.5 Å². The molecule has 0 amide bonds. The van der Waals surface area contributed by atoms with Crippen molar-refractivity contribution in [3.63, 3.8) is 0 Å². The van der Waals surface area contributed by atoms with Crippen molar-refractivity contribution in [1.29, 1.82) is 0 Å². The van der Waals surface area contributed by atoms with E-state index in [9.17, 15) is 4.79 Å². The number of nitrogens with zero attached hydrogens (tertiary/aromatic N) is 1. The van der Waals surface area contributed by atoms with Gasteiger partial charge >= 0.3 is 5.97 Å². The third-order valence-electron chi connectivity index (χ3n) is 2.98. The quantitative estimate of drug-likeness (QED) is 0.321. The van der Waals surface area contributed by atoms with Crippen LogP contribution in [0.25, 0.3) is 0 Å². The van der Waals surface area contributed by atoms with Gasteiger partial charge in [0.05, 0.1) is 20.6 Å². The maximum absolute atomic E-state index is 12.0. The molecule has 0 spiro atoms. The van der Waals surface area contributed by atoms with Gasteiger partial charge in [-0.2, -0.15) is 0 Å². The molecule has 2 aromatic carbocycles. The van der Waals surface area contributed by atoms with E-state index in [4.69, 9.17) is 61.7 Å². The van der Waals surface area contributed by atoms with Crippen LogP contribution in [-0.4, -0.2) is 17.9 Å². The van der Waals surface area contributed by atoms with Crippen molar-refractivity contribution >= 4 is 58.2 Å². The normalized spacial score (nSPS) is 12.6. The molecule has 0 aliphatic carbocycles. The molecule has 1 atom stereocenters. The van der Waals surface area contributed by atoms with E-state index in [1.165, 1.54) is 19.1 Å². The fourth-order valence-electron chi connectivity index (χ4n) is 1.77. The van der Waals surface area contributed by atoms with E-state index in [0.29, 0.717) is 5.02 Å². The van der Waals surface area contributed by atoms with Gasteiger partial charge in [-0.15, -0.1) is 0 Å². The number of hydrogen-bond acceptors (Lipinski definition) is 4. The molecule has 2 N–H and O–H groups in total. The summed E-state index contributed by atoms with van der Waals surface area (Å²) in [5.74, 6) is -0.639. The zero-order valence-electron chi connectivity index (χ0n) is 12.8. The van der Waals surface area contributed by atoms with Crippen LogP contribution in [0.3, 0.4) is 0 Å². The molecule has 0 unspecified atom stereocenters. The number of ether oxygens (including phenoxy) is 1. The lowest BCUT2D eigenvalue weighted by Crippen LogP contribution is -2.26. The Labute approximate surface area is 164 Å². The number of nitrogens with two attached hydrogens (primary N) is 1. The minimum atomic E-state index is -0.989. The van der Waals surface area contributed by atoms with E-state index >= 15 is 0 Å². The SMILES string of the molecule is C[C@H](Oc1ccc(Cl)cc1Cl)C(=O)O/N=C(\N)c1c(Cl)cccc1Cl. The van der Waals surface area contributed by atoms with E-state index in [0.717, 1.165) is 0 Å². The summed E-state index contributed by atoms with van der Waals surface area (Å²) in [5.41, 5.74) is 6.04. The fourth-order valence-corrected chi connectivity index (χ4v) is 2.81. The predicted octanol–water partition coefficient (Wildman–Crippen LogP) is 4.93. The van der Waals surface area contributed by atoms with E-state index < -0.39 is 12.1 Å². The first-order valence-electron chi connectivity index (χ1n) is 6.90. The topological polar surface area (TPSA) is 73.9 Å². The van der Waals surface area contributed by atoms with Gasteiger partial charge in [0, 0.05) is 5.02 Å². The van der Waals surface area contributed by atoms with E-state index in [1.54, 1.807) is 24.3 Å². The molecule has 25 heavy (non-hydrogen) atoms. The minimum Gasteiger partial charge on any atom is -0.477 e. The van der Waals surface area contributed by atoms with Crippen LogP contribution in [0, 0.1) is 0 Å². The Hall–Kier alpha value is -1.66. The van der Waals surface area contributed by atoms with Crippen molar-refractivity contribution in [3.05, 3.63) is 62.1 Å². The second-order valence-electron chi connectivity index (χ2n) is 4.82. The van der Waals surface area contributed by atoms with E-state index in [1.807, 2.05) is 0 Å². The molecular weight excluding hydrogens is 410 g/mol. The third-order valence-corrected chi connectivity index (χ3v) is 4.14. The van der Waals surface area contributed by atoms with E-state index in [-0.39, 0.29) is 32.2 Å². The molecule has 0 saturated carbocycles. The van der Waals surface area contributed by atoms with Crippen molar-refractivity contribution in [2.75, 3.05) is 0 Å². The standard InChI is InChI=1S/C16H12Cl4N2O3/c1-8(24-13-6-5-9(17)7-12(13)20)16(23)25-22-15(21)14-10(18)3-2-4-11(14)19/h2-8H,1H3,(H2,21,22)/t8-/m0/s1. The summed E-state index contributed by atoms with van der Waals surface area (Å²) in [6, 6.07) is 9.43. The third kappa shape index (κ3) is 5.16. The molecule has 0 aliphatic rings. The zero-order valence-corrected chi connectivity index (χ0v) is 15.8. The molecule has 2 aromatic rings. The highest BCUT2D eigenvalue weighted by Gasteiger charge is 2.19. The molecule has 0 heterocycles. The molecule has 0 fully saturated rings. The Morgan fingerprint density at radius 2 is 1.72 bits per heavy atom. The van der Waals surface area contributed by atoms with Gasteiger partial charge < -0.3 is 15.3 Å². The van der Waals surface area contributed by atoms with Gasteiger partial charge in [-0.3, -0.25) is 0 Å². The number of carbonyl (C=O) groups excluding carboxylic acids is 1. The minimum absolute atomic E-state index is 0.138. The van der Waals surface area contributed by atoms with Crippen molar-refractivity contribution in [1.82, 2.24) is 0 Å². The first-order valence-corrected chi connectivity index (χ1v) is 8.41. The zero-order chi connectivity index (χ0) is 18.6. The van der Waals surface area contributed by atoms with Crippen molar-refractivity contribution in [2.45, 2.75) is 13.0 Å². The van der Waals surface area contributed by atoms with Gasteiger partial charge in [-0.05, 0) is 37.3 Å². The van der Waals surface area contributed by atoms with Gasteiger partial charge in [0.25, 0.3) is 0 Å². The Morgan fingerprint density at radius 3 is 2.32 bits per heavy atom. The molecule has 132 valence electrons. The average molecular weight is 422 g/mol. The molecular formula is C16H12Cl4N2O3. The number of benzene rings is 2. The molecule has 0 aromatic heterocycles. The summed E-state index contributed by atoms with van der Waals surface area (Å²) in [6.07, 6.45) is -0.989. The first kappa shape index (κ1) is 19.7. The lowest BCUT2D eigenvalue weighted by Gasteiger charge is -2.13. The highest BCUT2D eigenvalue weighted by molar-refractivity contribution is 6.40. The lowest BCUT2D eigenvalue weighted by atomic mass is 10.2. The summed E-state index contributed by atoms with van der Waals surface area (Å²) in [5, 5.41) is 4.82. The average Bonchev–Trinajstić information content (AvgIpc) is 2.55.